The minimum Gasteiger partial charge on any atom is -0.479 e. The van der Waals surface area contributed by atoms with Crippen molar-refractivity contribution in [1.29, 1.82) is 0 Å². The van der Waals surface area contributed by atoms with E-state index in [-0.39, 0.29) is 25.7 Å². The number of carboxylic acids is 1. The maximum absolute atomic E-state index is 12.2. The van der Waals surface area contributed by atoms with E-state index in [9.17, 15) is 9.59 Å². The van der Waals surface area contributed by atoms with Crippen LogP contribution in [0.25, 0.3) is 0 Å². The Balaban J connectivity index is 2.64. The van der Waals surface area contributed by atoms with Crippen molar-refractivity contribution in [2.24, 2.45) is 0 Å². The van der Waals surface area contributed by atoms with E-state index in [0.717, 1.165) is 6.42 Å². The van der Waals surface area contributed by atoms with Crippen molar-refractivity contribution in [2.75, 3.05) is 32.8 Å². The molecule has 1 atom stereocenters. The number of carboxylic acid groups (broad SMARTS) is 1. The number of nitrogens with zero attached hydrogens (tertiary/aromatic N) is 2. The Morgan fingerprint density at radius 2 is 2.33 bits per heavy atom. The molecule has 6 nitrogen and oxygen atoms in total. The Morgan fingerprint density at radius 1 is 1.61 bits per heavy atom. The van der Waals surface area contributed by atoms with Crippen LogP contribution in [0.5, 0.6) is 0 Å². The van der Waals surface area contributed by atoms with Crippen LogP contribution in [0.3, 0.4) is 0 Å². The number of amides is 2. The number of morpholine rings is 1. The first kappa shape index (κ1) is 14.3. The second kappa shape index (κ2) is 6.87. The summed E-state index contributed by atoms with van der Waals surface area (Å²) in [5.41, 5.74) is 0. The Hall–Kier alpha value is -1.74. The average Bonchev–Trinajstić information content (AvgIpc) is 2.38. The molecule has 0 radical (unpaired) electrons. The van der Waals surface area contributed by atoms with E-state index in [1.165, 1.54) is 4.90 Å². The molecule has 0 aromatic carbocycles. The summed E-state index contributed by atoms with van der Waals surface area (Å²) in [5, 5.41) is 8.87. The zero-order chi connectivity index (χ0) is 13.5. The van der Waals surface area contributed by atoms with Crippen LogP contribution in [-0.4, -0.2) is 65.8 Å². The fourth-order valence-electron chi connectivity index (χ4n) is 1.79. The quantitative estimate of drug-likeness (QED) is 0.729. The van der Waals surface area contributed by atoms with Gasteiger partial charge in [0.2, 0.25) is 0 Å². The van der Waals surface area contributed by atoms with Gasteiger partial charge in [-0.1, -0.05) is 12.8 Å². The standard InChI is InChI=1S/C12H18N2O4/c1-3-5-13(6-4-2)12(17)14-7-8-18-10(9-14)11(15)16/h1,10H,4-9H2,2H3,(H,15,16). The van der Waals surface area contributed by atoms with Gasteiger partial charge in [-0.25, -0.2) is 9.59 Å². The molecule has 0 spiro atoms. The lowest BCUT2D eigenvalue weighted by molar-refractivity contribution is -0.154. The Bertz CT molecular complexity index is 350. The van der Waals surface area contributed by atoms with E-state index in [1.54, 1.807) is 4.90 Å². The number of carbonyl (C=O) groups excluding carboxylic acids is 1. The van der Waals surface area contributed by atoms with E-state index in [1.807, 2.05) is 6.92 Å². The fraction of sp³-hybridized carbons (Fsp3) is 0.667. The van der Waals surface area contributed by atoms with Crippen LogP contribution >= 0.6 is 0 Å². The fourth-order valence-corrected chi connectivity index (χ4v) is 1.79. The van der Waals surface area contributed by atoms with Crippen molar-refractivity contribution in [3.05, 3.63) is 0 Å². The number of aliphatic carboxylic acids is 1. The SMILES string of the molecule is C#CCN(CCC)C(=O)N1CCOC(C(=O)O)C1. The first-order valence-corrected chi connectivity index (χ1v) is 5.91. The van der Waals surface area contributed by atoms with Crippen LogP contribution < -0.4 is 0 Å². The molecule has 100 valence electrons. The van der Waals surface area contributed by atoms with Gasteiger partial charge < -0.3 is 19.6 Å². The van der Waals surface area contributed by atoms with Crippen molar-refractivity contribution >= 4 is 12.0 Å². The van der Waals surface area contributed by atoms with Crippen LogP contribution in [0.15, 0.2) is 0 Å². The first-order valence-electron chi connectivity index (χ1n) is 5.91. The van der Waals surface area contributed by atoms with Gasteiger partial charge in [0.15, 0.2) is 6.10 Å². The molecule has 0 aromatic rings. The van der Waals surface area contributed by atoms with Crippen LogP contribution in [-0.2, 0) is 9.53 Å². The summed E-state index contributed by atoms with van der Waals surface area (Å²) in [5.74, 6) is 1.39. The Kier molecular flexibility index (Phi) is 5.46. The predicted molar refractivity (Wildman–Crippen MR) is 65.0 cm³/mol. The van der Waals surface area contributed by atoms with Crippen molar-refractivity contribution in [2.45, 2.75) is 19.4 Å². The molecule has 18 heavy (non-hydrogen) atoms. The minimum absolute atomic E-state index is 0.0684. The van der Waals surface area contributed by atoms with Crippen LogP contribution in [0, 0.1) is 12.3 Å². The molecule has 0 aliphatic carbocycles. The van der Waals surface area contributed by atoms with Gasteiger partial charge in [-0.05, 0) is 6.42 Å². The lowest BCUT2D eigenvalue weighted by Crippen LogP contribution is -2.53. The van der Waals surface area contributed by atoms with E-state index < -0.39 is 12.1 Å². The summed E-state index contributed by atoms with van der Waals surface area (Å²) < 4.78 is 5.07. The molecule has 1 saturated heterocycles. The third kappa shape index (κ3) is 3.64. The average molecular weight is 254 g/mol. The molecule has 0 saturated carbocycles. The maximum Gasteiger partial charge on any atom is 0.334 e. The van der Waals surface area contributed by atoms with Gasteiger partial charge >= 0.3 is 12.0 Å². The van der Waals surface area contributed by atoms with Gasteiger partial charge in [-0.15, -0.1) is 6.42 Å². The number of ether oxygens (including phenoxy) is 1. The zero-order valence-electron chi connectivity index (χ0n) is 10.5. The van der Waals surface area contributed by atoms with Crippen LogP contribution in [0.2, 0.25) is 0 Å². The summed E-state index contributed by atoms with van der Waals surface area (Å²) >= 11 is 0. The number of terminal acetylenes is 1. The molecule has 0 aromatic heterocycles. The molecule has 2 amide bonds. The van der Waals surface area contributed by atoms with Crippen LogP contribution in [0.4, 0.5) is 4.79 Å². The third-order valence-electron chi connectivity index (χ3n) is 2.66. The van der Waals surface area contributed by atoms with Crippen molar-refractivity contribution in [3.8, 4) is 12.3 Å². The second-order valence-corrected chi connectivity index (χ2v) is 4.05. The van der Waals surface area contributed by atoms with Gasteiger partial charge in [-0.2, -0.15) is 0 Å². The summed E-state index contributed by atoms with van der Waals surface area (Å²) in [6.45, 7) is 3.46. The van der Waals surface area contributed by atoms with Crippen molar-refractivity contribution in [3.63, 3.8) is 0 Å². The van der Waals surface area contributed by atoms with E-state index >= 15 is 0 Å². The molecule has 0 bridgehead atoms. The maximum atomic E-state index is 12.2. The lowest BCUT2D eigenvalue weighted by Gasteiger charge is -2.34. The second-order valence-electron chi connectivity index (χ2n) is 4.05. The van der Waals surface area contributed by atoms with Gasteiger partial charge in [0.25, 0.3) is 0 Å². The van der Waals surface area contributed by atoms with Gasteiger partial charge in [0.1, 0.15) is 0 Å². The summed E-state index contributed by atoms with van der Waals surface area (Å²) in [6.07, 6.45) is 5.08. The normalized spacial score (nSPS) is 19.1. The Labute approximate surface area is 106 Å². The van der Waals surface area contributed by atoms with E-state index in [0.29, 0.717) is 13.1 Å². The lowest BCUT2D eigenvalue weighted by atomic mass is 10.3. The molecule has 1 heterocycles. The summed E-state index contributed by atoms with van der Waals surface area (Å²) in [4.78, 5) is 26.0. The van der Waals surface area contributed by atoms with Gasteiger partial charge in [0, 0.05) is 13.1 Å². The number of urea groups is 1. The molecule has 1 rings (SSSR count). The highest BCUT2D eigenvalue weighted by molar-refractivity contribution is 5.77. The van der Waals surface area contributed by atoms with E-state index in [4.69, 9.17) is 16.3 Å². The summed E-state index contributed by atoms with van der Waals surface area (Å²) in [7, 11) is 0. The highest BCUT2D eigenvalue weighted by Crippen LogP contribution is 2.09. The number of hydrogen-bond acceptors (Lipinski definition) is 3. The molecule has 1 aliphatic heterocycles. The number of hydrogen-bond donors (Lipinski definition) is 1. The Morgan fingerprint density at radius 3 is 2.89 bits per heavy atom. The molecule has 6 heteroatoms. The van der Waals surface area contributed by atoms with Gasteiger partial charge in [-0.3, -0.25) is 0 Å². The number of carbonyl (C=O) groups is 2. The van der Waals surface area contributed by atoms with E-state index in [2.05, 4.69) is 5.92 Å². The first-order chi connectivity index (χ1) is 8.60. The van der Waals surface area contributed by atoms with Crippen molar-refractivity contribution < 1.29 is 19.4 Å². The molecular formula is C12H18N2O4. The molecule has 1 fully saturated rings. The summed E-state index contributed by atoms with van der Waals surface area (Å²) in [6, 6.07) is -0.218. The smallest absolute Gasteiger partial charge is 0.334 e. The van der Waals surface area contributed by atoms with Crippen molar-refractivity contribution in [1.82, 2.24) is 9.80 Å². The highest BCUT2D eigenvalue weighted by atomic mass is 16.5. The minimum atomic E-state index is -1.05. The predicted octanol–water partition coefficient (Wildman–Crippen LogP) is 0.237. The monoisotopic (exact) mass is 254 g/mol. The molecule has 1 N–H and O–H groups in total. The topological polar surface area (TPSA) is 70.1 Å². The molecule has 1 aliphatic rings. The largest absolute Gasteiger partial charge is 0.479 e. The molecular weight excluding hydrogens is 236 g/mol. The molecule has 1 unspecified atom stereocenters. The van der Waals surface area contributed by atoms with Gasteiger partial charge in [0.05, 0.1) is 19.7 Å². The van der Waals surface area contributed by atoms with Crippen LogP contribution in [0.1, 0.15) is 13.3 Å². The zero-order valence-corrected chi connectivity index (χ0v) is 10.5. The third-order valence-corrected chi connectivity index (χ3v) is 2.66. The number of rotatable bonds is 4. The highest BCUT2D eigenvalue weighted by Gasteiger charge is 2.30.